The van der Waals surface area contributed by atoms with E-state index in [2.05, 4.69) is 38.3 Å². The first-order valence-electron chi connectivity index (χ1n) is 6.63. The first-order valence-corrected chi connectivity index (χ1v) is 7.43. The second-order valence-corrected chi connectivity index (χ2v) is 5.45. The predicted octanol–water partition coefficient (Wildman–Crippen LogP) is 3.00. The highest BCUT2D eigenvalue weighted by Crippen LogP contribution is 2.28. The van der Waals surface area contributed by atoms with Gasteiger partial charge in [0, 0.05) is 19.5 Å². The molecule has 0 amide bonds. The van der Waals surface area contributed by atoms with Crippen molar-refractivity contribution in [2.24, 2.45) is 7.05 Å². The molecule has 1 atom stereocenters. The minimum absolute atomic E-state index is 0.00271. The standard InChI is InChI=1S/C14H18BrFN4/c1-3-7-17-12(8-13-18-9-19-20(13)2)10-5-4-6-11(16)14(10)15/h4-6,9,12,17H,3,7-8H2,1-2H3. The lowest BCUT2D eigenvalue weighted by molar-refractivity contribution is 0.500. The summed E-state index contributed by atoms with van der Waals surface area (Å²) in [5.74, 6) is 0.624. The van der Waals surface area contributed by atoms with Crippen LogP contribution in [0.3, 0.4) is 0 Å². The molecule has 0 saturated carbocycles. The minimum atomic E-state index is -0.247. The molecule has 0 aliphatic heterocycles. The van der Waals surface area contributed by atoms with Crippen molar-refractivity contribution in [3.63, 3.8) is 0 Å². The summed E-state index contributed by atoms with van der Waals surface area (Å²) >= 11 is 3.34. The smallest absolute Gasteiger partial charge is 0.138 e. The zero-order chi connectivity index (χ0) is 14.5. The Balaban J connectivity index is 2.27. The minimum Gasteiger partial charge on any atom is -0.310 e. The second kappa shape index (κ2) is 6.95. The van der Waals surface area contributed by atoms with Gasteiger partial charge in [-0.25, -0.2) is 9.37 Å². The van der Waals surface area contributed by atoms with E-state index in [0.29, 0.717) is 10.9 Å². The third-order valence-corrected chi connectivity index (χ3v) is 4.03. The first-order chi connectivity index (χ1) is 9.63. The zero-order valence-electron chi connectivity index (χ0n) is 11.6. The maximum absolute atomic E-state index is 13.7. The topological polar surface area (TPSA) is 42.7 Å². The van der Waals surface area contributed by atoms with Crippen molar-refractivity contribution in [2.75, 3.05) is 6.54 Å². The quantitative estimate of drug-likeness (QED) is 0.878. The van der Waals surface area contributed by atoms with Crippen molar-refractivity contribution in [2.45, 2.75) is 25.8 Å². The Kier molecular flexibility index (Phi) is 5.25. The van der Waals surface area contributed by atoms with E-state index in [1.807, 2.05) is 13.1 Å². The SMILES string of the molecule is CCCNC(Cc1ncnn1C)c1cccc(F)c1Br. The third-order valence-electron chi connectivity index (χ3n) is 3.19. The van der Waals surface area contributed by atoms with E-state index in [-0.39, 0.29) is 11.9 Å². The molecule has 0 radical (unpaired) electrons. The van der Waals surface area contributed by atoms with E-state index in [4.69, 9.17) is 0 Å². The van der Waals surface area contributed by atoms with Crippen molar-refractivity contribution >= 4 is 15.9 Å². The normalized spacial score (nSPS) is 12.6. The number of aryl methyl sites for hydroxylation is 1. The van der Waals surface area contributed by atoms with Crippen molar-refractivity contribution in [3.8, 4) is 0 Å². The van der Waals surface area contributed by atoms with Gasteiger partial charge in [-0.2, -0.15) is 5.10 Å². The van der Waals surface area contributed by atoms with Crippen molar-refractivity contribution < 1.29 is 4.39 Å². The third kappa shape index (κ3) is 3.43. The summed E-state index contributed by atoms with van der Waals surface area (Å²) < 4.78 is 16.0. The molecule has 20 heavy (non-hydrogen) atoms. The van der Waals surface area contributed by atoms with Crippen LogP contribution in [-0.2, 0) is 13.5 Å². The summed E-state index contributed by atoms with van der Waals surface area (Å²) in [7, 11) is 1.86. The van der Waals surface area contributed by atoms with Crippen molar-refractivity contribution in [1.29, 1.82) is 0 Å². The Hall–Kier alpha value is -1.27. The summed E-state index contributed by atoms with van der Waals surface area (Å²) in [5.41, 5.74) is 0.904. The molecule has 2 rings (SSSR count). The Bertz CT molecular complexity index is 570. The van der Waals surface area contributed by atoms with Crippen LogP contribution < -0.4 is 5.32 Å². The zero-order valence-corrected chi connectivity index (χ0v) is 13.2. The summed E-state index contributed by atoms with van der Waals surface area (Å²) in [4.78, 5) is 4.24. The fraction of sp³-hybridized carbons (Fsp3) is 0.429. The van der Waals surface area contributed by atoms with Crippen molar-refractivity contribution in [1.82, 2.24) is 20.1 Å². The van der Waals surface area contributed by atoms with Crippen LogP contribution in [0.5, 0.6) is 0 Å². The monoisotopic (exact) mass is 340 g/mol. The van der Waals surface area contributed by atoms with Crippen LogP contribution in [0.4, 0.5) is 4.39 Å². The largest absolute Gasteiger partial charge is 0.310 e. The average molecular weight is 341 g/mol. The number of rotatable bonds is 6. The van der Waals surface area contributed by atoms with Gasteiger partial charge in [-0.3, -0.25) is 4.68 Å². The van der Waals surface area contributed by atoms with Gasteiger partial charge in [0.1, 0.15) is 18.0 Å². The van der Waals surface area contributed by atoms with Crippen LogP contribution in [-0.4, -0.2) is 21.3 Å². The van der Waals surface area contributed by atoms with Crippen LogP contribution in [0.2, 0.25) is 0 Å². The molecule has 0 aliphatic carbocycles. The highest BCUT2D eigenvalue weighted by Gasteiger charge is 2.18. The molecular weight excluding hydrogens is 323 g/mol. The fourth-order valence-corrected chi connectivity index (χ4v) is 2.63. The Labute approximate surface area is 126 Å². The lowest BCUT2D eigenvalue weighted by Gasteiger charge is -2.20. The van der Waals surface area contributed by atoms with Gasteiger partial charge < -0.3 is 5.32 Å². The molecule has 1 unspecified atom stereocenters. The van der Waals surface area contributed by atoms with Gasteiger partial charge in [-0.05, 0) is 40.5 Å². The van der Waals surface area contributed by atoms with Gasteiger partial charge in [-0.1, -0.05) is 19.1 Å². The lowest BCUT2D eigenvalue weighted by atomic mass is 10.0. The van der Waals surface area contributed by atoms with Crippen LogP contribution in [0.25, 0.3) is 0 Å². The van der Waals surface area contributed by atoms with Crippen LogP contribution in [0.1, 0.15) is 30.8 Å². The van der Waals surface area contributed by atoms with E-state index in [9.17, 15) is 4.39 Å². The molecule has 1 aromatic heterocycles. The molecule has 0 saturated heterocycles. The van der Waals surface area contributed by atoms with Gasteiger partial charge in [0.05, 0.1) is 4.47 Å². The van der Waals surface area contributed by atoms with Crippen LogP contribution >= 0.6 is 15.9 Å². The molecule has 0 fully saturated rings. The number of hydrogen-bond donors (Lipinski definition) is 1. The molecule has 1 N–H and O–H groups in total. The number of nitrogens with one attached hydrogen (secondary N) is 1. The Morgan fingerprint density at radius 3 is 2.90 bits per heavy atom. The van der Waals surface area contributed by atoms with E-state index < -0.39 is 0 Å². The van der Waals surface area contributed by atoms with Gasteiger partial charge in [0.2, 0.25) is 0 Å². The van der Waals surface area contributed by atoms with Gasteiger partial charge in [0.15, 0.2) is 0 Å². The molecule has 1 heterocycles. The molecule has 2 aromatic rings. The Morgan fingerprint density at radius 2 is 2.25 bits per heavy atom. The summed E-state index contributed by atoms with van der Waals surface area (Å²) in [6.07, 6.45) is 3.22. The number of halogens is 2. The molecule has 0 aliphatic rings. The van der Waals surface area contributed by atoms with Gasteiger partial charge >= 0.3 is 0 Å². The maximum Gasteiger partial charge on any atom is 0.138 e. The van der Waals surface area contributed by atoms with E-state index in [0.717, 1.165) is 24.4 Å². The van der Waals surface area contributed by atoms with Crippen LogP contribution in [0.15, 0.2) is 29.0 Å². The number of nitrogens with zero attached hydrogens (tertiary/aromatic N) is 3. The number of aromatic nitrogens is 3. The highest BCUT2D eigenvalue weighted by atomic mass is 79.9. The molecule has 108 valence electrons. The molecular formula is C14H18BrFN4. The second-order valence-electron chi connectivity index (χ2n) is 4.65. The first kappa shape index (κ1) is 15.1. The maximum atomic E-state index is 13.7. The molecule has 0 bridgehead atoms. The Morgan fingerprint density at radius 1 is 1.45 bits per heavy atom. The lowest BCUT2D eigenvalue weighted by Crippen LogP contribution is -2.25. The fourth-order valence-electron chi connectivity index (χ4n) is 2.09. The van der Waals surface area contributed by atoms with Gasteiger partial charge in [-0.15, -0.1) is 0 Å². The van der Waals surface area contributed by atoms with E-state index >= 15 is 0 Å². The summed E-state index contributed by atoms with van der Waals surface area (Å²) in [6.45, 7) is 2.97. The average Bonchev–Trinajstić information content (AvgIpc) is 2.83. The van der Waals surface area contributed by atoms with Crippen LogP contribution in [0, 0.1) is 5.82 Å². The number of benzene rings is 1. The highest BCUT2D eigenvalue weighted by molar-refractivity contribution is 9.10. The number of hydrogen-bond acceptors (Lipinski definition) is 3. The predicted molar refractivity (Wildman–Crippen MR) is 79.8 cm³/mol. The molecule has 1 aromatic carbocycles. The molecule has 0 spiro atoms. The summed E-state index contributed by atoms with van der Waals surface area (Å²) in [6, 6.07) is 5.11. The van der Waals surface area contributed by atoms with E-state index in [1.165, 1.54) is 12.4 Å². The molecule has 4 nitrogen and oxygen atoms in total. The molecule has 6 heteroatoms. The summed E-state index contributed by atoms with van der Waals surface area (Å²) in [5, 5.41) is 7.52. The van der Waals surface area contributed by atoms with Crippen molar-refractivity contribution in [3.05, 3.63) is 46.2 Å². The van der Waals surface area contributed by atoms with Gasteiger partial charge in [0.25, 0.3) is 0 Å². The van der Waals surface area contributed by atoms with E-state index in [1.54, 1.807) is 10.7 Å².